The van der Waals surface area contributed by atoms with E-state index in [-0.39, 0.29) is 17.6 Å². The molecule has 34 heavy (non-hydrogen) atoms. The molecular formula is C25H38FN5O2Si. The molecule has 0 bridgehead atoms. The summed E-state index contributed by atoms with van der Waals surface area (Å²) in [4.78, 5) is 16.8. The van der Waals surface area contributed by atoms with Crippen LogP contribution < -0.4 is 11.1 Å². The molecule has 0 aromatic carbocycles. The van der Waals surface area contributed by atoms with Crippen molar-refractivity contribution in [1.29, 1.82) is 0 Å². The Morgan fingerprint density at radius 1 is 1.24 bits per heavy atom. The van der Waals surface area contributed by atoms with Gasteiger partial charge in [-0.15, -0.1) is 0 Å². The summed E-state index contributed by atoms with van der Waals surface area (Å²) in [5.74, 6) is 0.610. The Labute approximate surface area is 202 Å². The molecule has 186 valence electrons. The Morgan fingerprint density at radius 2 is 1.88 bits per heavy atom. The molecule has 0 radical (unpaired) electrons. The van der Waals surface area contributed by atoms with Gasteiger partial charge < -0.3 is 15.8 Å². The SMILES string of the molecule is Cc1nn(COCC[Si](C)(C)C)c(C)c1-c1ccc(NC(=O)[C@@H](N)C(C2CC2)C2CC2)nc1F. The van der Waals surface area contributed by atoms with E-state index in [9.17, 15) is 4.79 Å². The van der Waals surface area contributed by atoms with Gasteiger partial charge in [0.2, 0.25) is 11.9 Å². The Kier molecular flexibility index (Phi) is 7.26. The molecule has 0 spiro atoms. The lowest BCUT2D eigenvalue weighted by Crippen LogP contribution is -2.44. The molecule has 2 aliphatic carbocycles. The monoisotopic (exact) mass is 487 g/mol. The molecule has 1 atom stereocenters. The van der Waals surface area contributed by atoms with Crippen LogP contribution in [0.2, 0.25) is 25.7 Å². The van der Waals surface area contributed by atoms with Gasteiger partial charge in [-0.25, -0.2) is 9.67 Å². The van der Waals surface area contributed by atoms with Crippen LogP contribution in [-0.2, 0) is 16.3 Å². The molecule has 2 aromatic rings. The highest BCUT2D eigenvalue weighted by Crippen LogP contribution is 2.50. The summed E-state index contributed by atoms with van der Waals surface area (Å²) < 4.78 is 22.7. The standard InChI is InChI=1S/C25H38FN5O2Si/c1-15-21(16(2)31(30-15)14-33-12-13-34(3,4)5)19-10-11-20(28-24(19)26)29-25(32)23(27)22(17-6-7-17)18-8-9-18/h10-11,17-18,22-23H,6-9,12-14,27H2,1-5H3,(H,28,29,32)/t23-/m0/s1. The summed E-state index contributed by atoms with van der Waals surface area (Å²) in [6.07, 6.45) is 4.61. The minimum atomic E-state index is -1.16. The van der Waals surface area contributed by atoms with Crippen LogP contribution >= 0.6 is 0 Å². The second kappa shape index (κ2) is 9.87. The van der Waals surface area contributed by atoms with E-state index in [1.165, 1.54) is 0 Å². The Bertz CT molecular complexity index is 1030. The van der Waals surface area contributed by atoms with Gasteiger partial charge in [0.15, 0.2) is 0 Å². The van der Waals surface area contributed by atoms with E-state index < -0.39 is 20.1 Å². The van der Waals surface area contributed by atoms with Crippen molar-refractivity contribution in [3.63, 3.8) is 0 Å². The highest BCUT2D eigenvalue weighted by Gasteiger charge is 2.46. The fraction of sp³-hybridized carbons (Fsp3) is 0.640. The molecule has 0 saturated heterocycles. The number of halogens is 1. The van der Waals surface area contributed by atoms with Crippen LogP contribution in [0.25, 0.3) is 11.1 Å². The maximum absolute atomic E-state index is 15.1. The Balaban J connectivity index is 1.42. The van der Waals surface area contributed by atoms with Crippen LogP contribution in [-0.4, -0.2) is 41.4 Å². The number of amides is 1. The lowest BCUT2D eigenvalue weighted by molar-refractivity contribution is -0.118. The molecule has 0 unspecified atom stereocenters. The molecule has 1 amide bonds. The predicted octanol–water partition coefficient (Wildman–Crippen LogP) is 4.72. The van der Waals surface area contributed by atoms with E-state index in [1.54, 1.807) is 16.8 Å². The van der Waals surface area contributed by atoms with Crippen molar-refractivity contribution in [3.05, 3.63) is 29.5 Å². The summed E-state index contributed by atoms with van der Waals surface area (Å²) in [6, 6.07) is 3.79. The zero-order valence-corrected chi connectivity index (χ0v) is 22.0. The first-order valence-electron chi connectivity index (χ1n) is 12.4. The fourth-order valence-corrected chi connectivity index (χ4v) is 5.51. The number of carbonyl (C=O) groups excluding carboxylic acids is 1. The van der Waals surface area contributed by atoms with E-state index in [0.29, 0.717) is 42.0 Å². The molecular weight excluding hydrogens is 449 g/mol. The van der Waals surface area contributed by atoms with Crippen LogP contribution in [0.1, 0.15) is 37.1 Å². The smallest absolute Gasteiger partial charge is 0.242 e. The van der Waals surface area contributed by atoms with Crippen LogP contribution in [0, 0.1) is 37.5 Å². The number of hydrogen-bond acceptors (Lipinski definition) is 5. The molecule has 2 saturated carbocycles. The quantitative estimate of drug-likeness (QED) is 0.272. The van der Waals surface area contributed by atoms with Crippen molar-refractivity contribution < 1.29 is 13.9 Å². The number of aryl methyl sites for hydroxylation is 1. The third kappa shape index (κ3) is 5.93. The second-order valence-corrected chi connectivity index (χ2v) is 16.8. The normalized spacial score (nSPS) is 17.3. The Hall–Kier alpha value is -2.10. The molecule has 2 heterocycles. The summed E-state index contributed by atoms with van der Waals surface area (Å²) in [5.41, 5.74) is 8.91. The first-order chi connectivity index (χ1) is 16.0. The molecule has 2 fully saturated rings. The van der Waals surface area contributed by atoms with Crippen molar-refractivity contribution in [2.24, 2.45) is 23.5 Å². The molecule has 3 N–H and O–H groups in total. The van der Waals surface area contributed by atoms with Crippen molar-refractivity contribution in [2.75, 3.05) is 11.9 Å². The number of pyridine rings is 1. The van der Waals surface area contributed by atoms with Gasteiger partial charge in [0, 0.05) is 31.5 Å². The van der Waals surface area contributed by atoms with Crippen molar-refractivity contribution in [1.82, 2.24) is 14.8 Å². The maximum atomic E-state index is 15.1. The van der Waals surface area contributed by atoms with E-state index in [1.807, 2.05) is 13.8 Å². The van der Waals surface area contributed by atoms with E-state index in [0.717, 1.165) is 37.4 Å². The zero-order chi connectivity index (χ0) is 24.6. The van der Waals surface area contributed by atoms with Crippen molar-refractivity contribution >= 4 is 19.8 Å². The number of nitrogens with zero attached hydrogens (tertiary/aromatic N) is 3. The molecule has 2 aliphatic rings. The minimum Gasteiger partial charge on any atom is -0.360 e. The topological polar surface area (TPSA) is 95.1 Å². The van der Waals surface area contributed by atoms with Gasteiger partial charge >= 0.3 is 0 Å². The minimum absolute atomic E-state index is 0.185. The molecule has 2 aromatic heterocycles. The molecule has 7 nitrogen and oxygen atoms in total. The number of ether oxygens (including phenoxy) is 1. The van der Waals surface area contributed by atoms with Gasteiger partial charge in [-0.2, -0.15) is 9.49 Å². The van der Waals surface area contributed by atoms with Crippen LogP contribution in [0.3, 0.4) is 0 Å². The summed E-state index contributed by atoms with van der Waals surface area (Å²) in [5, 5.41) is 7.28. The summed E-state index contributed by atoms with van der Waals surface area (Å²) in [6.45, 7) is 11.7. The number of rotatable bonds is 11. The average molecular weight is 488 g/mol. The molecule has 9 heteroatoms. The van der Waals surface area contributed by atoms with Gasteiger partial charge in [-0.05, 0) is 75.5 Å². The first-order valence-corrected chi connectivity index (χ1v) is 16.1. The third-order valence-corrected chi connectivity index (χ3v) is 8.72. The third-order valence-electron chi connectivity index (χ3n) is 7.01. The average Bonchev–Trinajstić information content (AvgIpc) is 3.67. The van der Waals surface area contributed by atoms with Crippen molar-refractivity contribution in [3.8, 4) is 11.1 Å². The zero-order valence-electron chi connectivity index (χ0n) is 21.0. The van der Waals surface area contributed by atoms with E-state index in [4.69, 9.17) is 10.5 Å². The lowest BCUT2D eigenvalue weighted by atomic mass is 9.89. The first kappa shape index (κ1) is 25.0. The Morgan fingerprint density at radius 3 is 2.44 bits per heavy atom. The number of carbonyl (C=O) groups is 1. The van der Waals surface area contributed by atoms with Crippen LogP contribution in [0.4, 0.5) is 10.2 Å². The molecule has 0 aliphatic heterocycles. The highest BCUT2D eigenvalue weighted by molar-refractivity contribution is 6.76. The highest BCUT2D eigenvalue weighted by atomic mass is 28.3. The van der Waals surface area contributed by atoms with Gasteiger partial charge in [-0.1, -0.05) is 19.6 Å². The number of nitrogens with one attached hydrogen (secondary N) is 1. The summed E-state index contributed by atoms with van der Waals surface area (Å²) >= 11 is 0. The van der Waals surface area contributed by atoms with Crippen LogP contribution in [0.15, 0.2) is 12.1 Å². The fourth-order valence-electron chi connectivity index (χ4n) is 4.75. The number of anilines is 1. The largest absolute Gasteiger partial charge is 0.360 e. The number of hydrogen-bond donors (Lipinski definition) is 2. The van der Waals surface area contributed by atoms with Gasteiger partial charge in [0.25, 0.3) is 0 Å². The van der Waals surface area contributed by atoms with Gasteiger partial charge in [0.1, 0.15) is 12.5 Å². The van der Waals surface area contributed by atoms with Crippen LogP contribution in [0.5, 0.6) is 0 Å². The number of nitrogens with two attached hydrogens (primary N) is 1. The van der Waals surface area contributed by atoms with Gasteiger partial charge in [0.05, 0.1) is 11.7 Å². The number of aromatic nitrogens is 3. The van der Waals surface area contributed by atoms with E-state index >= 15 is 4.39 Å². The maximum Gasteiger partial charge on any atom is 0.242 e. The molecule has 4 rings (SSSR count). The second-order valence-electron chi connectivity index (χ2n) is 11.2. The predicted molar refractivity (Wildman–Crippen MR) is 135 cm³/mol. The van der Waals surface area contributed by atoms with Crippen molar-refractivity contribution in [2.45, 2.75) is 78.0 Å². The van der Waals surface area contributed by atoms with Gasteiger partial charge in [-0.3, -0.25) is 4.79 Å². The van der Waals surface area contributed by atoms with E-state index in [2.05, 4.69) is 35.0 Å². The lowest BCUT2D eigenvalue weighted by Gasteiger charge is -2.22. The summed E-state index contributed by atoms with van der Waals surface area (Å²) in [7, 11) is -1.16.